The third kappa shape index (κ3) is 2.37. The summed E-state index contributed by atoms with van der Waals surface area (Å²) >= 11 is 5.84. The van der Waals surface area contributed by atoms with Crippen LogP contribution in [0.5, 0.6) is 0 Å². The van der Waals surface area contributed by atoms with E-state index in [4.69, 9.17) is 17.3 Å². The van der Waals surface area contributed by atoms with Gasteiger partial charge in [-0.25, -0.2) is 0 Å². The highest BCUT2D eigenvalue weighted by Gasteiger charge is 2.08. The Bertz CT molecular complexity index is 634. The Labute approximate surface area is 102 Å². The van der Waals surface area contributed by atoms with E-state index in [1.807, 2.05) is 0 Å². The van der Waals surface area contributed by atoms with Crippen LogP contribution in [0.15, 0.2) is 41.2 Å². The summed E-state index contributed by atoms with van der Waals surface area (Å²) in [6, 6.07) is 9.61. The maximum atomic E-state index is 11.2. The number of amides is 1. The number of pyridine rings is 1. The van der Waals surface area contributed by atoms with Gasteiger partial charge in [-0.2, -0.15) is 0 Å². The average Bonchev–Trinajstić information content (AvgIpc) is 2.29. The first-order chi connectivity index (χ1) is 8.08. The Kier molecular flexibility index (Phi) is 2.97. The number of primary amides is 1. The molecule has 0 aliphatic carbocycles. The summed E-state index contributed by atoms with van der Waals surface area (Å²) in [4.78, 5) is 25.0. The molecule has 3 N–H and O–H groups in total. The highest BCUT2D eigenvalue weighted by atomic mass is 35.5. The van der Waals surface area contributed by atoms with Crippen LogP contribution in [-0.4, -0.2) is 10.9 Å². The first-order valence-electron chi connectivity index (χ1n) is 4.87. The van der Waals surface area contributed by atoms with Crippen molar-refractivity contribution in [2.24, 2.45) is 5.73 Å². The molecule has 1 aromatic carbocycles. The number of nitrogens with one attached hydrogen (secondary N) is 1. The second-order valence-corrected chi connectivity index (χ2v) is 3.89. The molecule has 1 aromatic heterocycles. The highest BCUT2D eigenvalue weighted by molar-refractivity contribution is 6.33. The van der Waals surface area contributed by atoms with E-state index in [2.05, 4.69) is 4.98 Å². The van der Waals surface area contributed by atoms with Crippen LogP contribution in [0.2, 0.25) is 5.02 Å². The normalized spacial score (nSPS) is 10.2. The minimum absolute atomic E-state index is 0.210. The van der Waals surface area contributed by atoms with Crippen LogP contribution in [0.25, 0.3) is 11.3 Å². The van der Waals surface area contributed by atoms with Gasteiger partial charge < -0.3 is 10.7 Å². The van der Waals surface area contributed by atoms with Crippen molar-refractivity contribution in [3.8, 4) is 11.3 Å². The zero-order chi connectivity index (χ0) is 12.4. The van der Waals surface area contributed by atoms with Crippen molar-refractivity contribution in [2.75, 3.05) is 0 Å². The largest absolute Gasteiger partial charge is 0.366 e. The fourth-order valence-corrected chi connectivity index (χ4v) is 1.71. The Balaban J connectivity index is 2.57. The number of hydrogen-bond acceptors (Lipinski definition) is 2. The summed E-state index contributed by atoms with van der Waals surface area (Å²) < 4.78 is 0. The Morgan fingerprint density at radius 1 is 1.24 bits per heavy atom. The quantitative estimate of drug-likeness (QED) is 0.850. The molecule has 0 aliphatic heterocycles. The van der Waals surface area contributed by atoms with Gasteiger partial charge >= 0.3 is 0 Å². The van der Waals surface area contributed by atoms with Crippen LogP contribution >= 0.6 is 11.6 Å². The number of hydrogen-bond donors (Lipinski definition) is 2. The van der Waals surface area contributed by atoms with Crippen LogP contribution in [0.4, 0.5) is 0 Å². The number of aromatic amines is 1. The molecule has 1 heterocycles. The molecule has 2 aromatic rings. The lowest BCUT2D eigenvalue weighted by Gasteiger charge is -2.04. The lowest BCUT2D eigenvalue weighted by atomic mass is 10.1. The minimum Gasteiger partial charge on any atom is -0.366 e. The SMILES string of the molecule is NC(=O)c1cc(-c2cccc(=O)[nH]2)ccc1Cl. The number of rotatable bonds is 2. The van der Waals surface area contributed by atoms with E-state index in [9.17, 15) is 9.59 Å². The van der Waals surface area contributed by atoms with Crippen LogP contribution in [0, 0.1) is 0 Å². The van der Waals surface area contributed by atoms with Gasteiger partial charge in [0.2, 0.25) is 11.5 Å². The number of nitrogens with two attached hydrogens (primary N) is 1. The zero-order valence-electron chi connectivity index (χ0n) is 8.74. The molecule has 0 unspecified atom stereocenters. The van der Waals surface area contributed by atoms with Crippen LogP contribution in [0.3, 0.4) is 0 Å². The van der Waals surface area contributed by atoms with Crippen molar-refractivity contribution in [2.45, 2.75) is 0 Å². The van der Waals surface area contributed by atoms with Crippen LogP contribution < -0.4 is 11.3 Å². The van der Waals surface area contributed by atoms with Crippen molar-refractivity contribution in [3.63, 3.8) is 0 Å². The molecular weight excluding hydrogens is 240 g/mol. The number of carbonyl (C=O) groups excluding carboxylic acids is 1. The molecule has 1 amide bonds. The van der Waals surface area contributed by atoms with Gasteiger partial charge in [-0.05, 0) is 23.8 Å². The van der Waals surface area contributed by atoms with E-state index in [-0.39, 0.29) is 11.1 Å². The molecule has 0 aliphatic rings. The summed E-state index contributed by atoms with van der Waals surface area (Å²) in [5.74, 6) is -0.602. The van der Waals surface area contributed by atoms with Gasteiger partial charge in [-0.3, -0.25) is 9.59 Å². The van der Waals surface area contributed by atoms with Crippen molar-refractivity contribution in [1.82, 2.24) is 4.98 Å². The van der Waals surface area contributed by atoms with Crippen LogP contribution in [0.1, 0.15) is 10.4 Å². The average molecular weight is 249 g/mol. The van der Waals surface area contributed by atoms with Gasteiger partial charge in [0.05, 0.1) is 10.6 Å². The molecule has 0 saturated heterocycles. The van der Waals surface area contributed by atoms with Crippen LogP contribution in [-0.2, 0) is 0 Å². The lowest BCUT2D eigenvalue weighted by Crippen LogP contribution is -2.12. The molecule has 0 atom stereocenters. The molecule has 0 spiro atoms. The van der Waals surface area contributed by atoms with Gasteiger partial charge in [0.25, 0.3) is 0 Å². The van der Waals surface area contributed by atoms with Gasteiger partial charge in [0.1, 0.15) is 0 Å². The van der Waals surface area contributed by atoms with Crippen molar-refractivity contribution < 1.29 is 4.79 Å². The van der Waals surface area contributed by atoms with Gasteiger partial charge in [0.15, 0.2) is 0 Å². The monoisotopic (exact) mass is 248 g/mol. The maximum absolute atomic E-state index is 11.2. The van der Waals surface area contributed by atoms with Gasteiger partial charge in [-0.1, -0.05) is 23.7 Å². The second kappa shape index (κ2) is 4.43. The smallest absolute Gasteiger partial charge is 0.250 e. The Morgan fingerprint density at radius 2 is 2.00 bits per heavy atom. The number of carbonyl (C=O) groups is 1. The third-order valence-electron chi connectivity index (χ3n) is 2.31. The molecule has 17 heavy (non-hydrogen) atoms. The Morgan fingerprint density at radius 3 is 2.65 bits per heavy atom. The highest BCUT2D eigenvalue weighted by Crippen LogP contribution is 2.22. The summed E-state index contributed by atoms with van der Waals surface area (Å²) in [5, 5.41) is 0.291. The molecule has 4 nitrogen and oxygen atoms in total. The van der Waals surface area contributed by atoms with Gasteiger partial charge in [-0.15, -0.1) is 0 Å². The molecular formula is C12H9ClN2O2. The summed E-state index contributed by atoms with van der Waals surface area (Å²) in [6.07, 6.45) is 0. The van der Waals surface area contributed by atoms with E-state index < -0.39 is 5.91 Å². The molecule has 86 valence electrons. The molecule has 0 fully saturated rings. The molecule has 5 heteroatoms. The minimum atomic E-state index is -0.602. The predicted octanol–water partition coefficient (Wildman–Crippen LogP) is 1.79. The van der Waals surface area contributed by atoms with E-state index in [1.165, 1.54) is 6.07 Å². The van der Waals surface area contributed by atoms with E-state index >= 15 is 0 Å². The number of H-pyrrole nitrogens is 1. The molecule has 0 saturated carbocycles. The maximum Gasteiger partial charge on any atom is 0.250 e. The van der Waals surface area contributed by atoms with E-state index in [0.717, 1.165) is 0 Å². The Hall–Kier alpha value is -2.07. The van der Waals surface area contributed by atoms with E-state index in [0.29, 0.717) is 16.3 Å². The lowest BCUT2D eigenvalue weighted by molar-refractivity contribution is 0.100. The zero-order valence-corrected chi connectivity index (χ0v) is 9.49. The molecule has 0 bridgehead atoms. The topological polar surface area (TPSA) is 76.0 Å². The van der Waals surface area contributed by atoms with Crippen molar-refractivity contribution in [1.29, 1.82) is 0 Å². The first-order valence-corrected chi connectivity index (χ1v) is 5.25. The van der Waals surface area contributed by atoms with Crippen molar-refractivity contribution >= 4 is 17.5 Å². The van der Waals surface area contributed by atoms with Gasteiger partial charge in [0, 0.05) is 11.8 Å². The predicted molar refractivity (Wildman–Crippen MR) is 66.0 cm³/mol. The summed E-state index contributed by atoms with van der Waals surface area (Å²) in [6.45, 7) is 0. The first kappa shape index (κ1) is 11.4. The molecule has 2 rings (SSSR count). The number of benzene rings is 1. The molecule has 0 radical (unpaired) electrons. The van der Waals surface area contributed by atoms with Crippen molar-refractivity contribution in [3.05, 3.63) is 57.3 Å². The third-order valence-corrected chi connectivity index (χ3v) is 2.64. The standard InChI is InChI=1S/C12H9ClN2O2/c13-9-5-4-7(6-8(9)12(14)17)10-2-1-3-11(16)15-10/h1-6H,(H2,14,17)(H,15,16). The summed E-state index contributed by atoms with van der Waals surface area (Å²) in [7, 11) is 0. The second-order valence-electron chi connectivity index (χ2n) is 3.49. The fraction of sp³-hybridized carbons (Fsp3) is 0. The summed E-state index contributed by atoms with van der Waals surface area (Å²) in [5.41, 5.74) is 6.51. The number of halogens is 1. The van der Waals surface area contributed by atoms with E-state index in [1.54, 1.807) is 30.3 Å². The fourth-order valence-electron chi connectivity index (χ4n) is 1.50. The number of aromatic nitrogens is 1.